The Morgan fingerprint density at radius 3 is 2.79 bits per heavy atom. The summed E-state index contributed by atoms with van der Waals surface area (Å²) in [7, 11) is 0. The molecule has 0 amide bonds. The molecular formula is C14H16ClN3O. The van der Waals surface area contributed by atoms with Crippen molar-refractivity contribution in [3.63, 3.8) is 0 Å². The van der Waals surface area contributed by atoms with E-state index < -0.39 is 0 Å². The van der Waals surface area contributed by atoms with Gasteiger partial charge in [-0.1, -0.05) is 26.0 Å². The van der Waals surface area contributed by atoms with Gasteiger partial charge in [-0.15, -0.1) is 12.4 Å². The number of aromatic nitrogens is 3. The van der Waals surface area contributed by atoms with E-state index in [1.807, 2.05) is 30.6 Å². The van der Waals surface area contributed by atoms with Crippen molar-refractivity contribution in [1.82, 2.24) is 9.55 Å². The van der Waals surface area contributed by atoms with Crippen molar-refractivity contribution in [2.45, 2.75) is 20.4 Å². The van der Waals surface area contributed by atoms with E-state index in [0.717, 1.165) is 27.7 Å². The highest BCUT2D eigenvalue weighted by Gasteiger charge is 2.14. The number of benzene rings is 1. The van der Waals surface area contributed by atoms with Crippen LogP contribution >= 0.6 is 12.4 Å². The molecule has 0 saturated heterocycles. The van der Waals surface area contributed by atoms with E-state index in [2.05, 4.69) is 23.4 Å². The SMILES string of the molecule is CC(C)Cn1cnc2c[n+]([O-])c3ccccc3c21.Cl. The van der Waals surface area contributed by atoms with Crippen molar-refractivity contribution >= 4 is 34.3 Å². The summed E-state index contributed by atoms with van der Waals surface area (Å²) in [4.78, 5) is 4.32. The third-order valence-corrected chi connectivity index (χ3v) is 3.06. The lowest BCUT2D eigenvalue weighted by Crippen LogP contribution is -2.26. The van der Waals surface area contributed by atoms with Crippen LogP contribution in [0.1, 0.15) is 13.8 Å². The van der Waals surface area contributed by atoms with Gasteiger partial charge in [-0.05, 0) is 12.0 Å². The first-order valence-corrected chi connectivity index (χ1v) is 6.12. The Hall–Kier alpha value is -1.81. The van der Waals surface area contributed by atoms with Crippen LogP contribution in [0, 0.1) is 11.1 Å². The normalized spacial score (nSPS) is 11.1. The molecule has 100 valence electrons. The molecule has 3 aromatic rings. The second-order valence-corrected chi connectivity index (χ2v) is 5.00. The molecule has 0 saturated carbocycles. The van der Waals surface area contributed by atoms with Crippen LogP contribution in [0.3, 0.4) is 0 Å². The Morgan fingerprint density at radius 2 is 2.05 bits per heavy atom. The van der Waals surface area contributed by atoms with Crippen LogP contribution in [0.4, 0.5) is 0 Å². The van der Waals surface area contributed by atoms with Gasteiger partial charge < -0.3 is 9.77 Å². The van der Waals surface area contributed by atoms with Crippen LogP contribution in [0.2, 0.25) is 0 Å². The highest BCUT2D eigenvalue weighted by atomic mass is 35.5. The van der Waals surface area contributed by atoms with Gasteiger partial charge in [-0.25, -0.2) is 4.98 Å². The van der Waals surface area contributed by atoms with E-state index in [1.54, 1.807) is 6.20 Å². The number of imidazole rings is 1. The molecule has 0 spiro atoms. The fourth-order valence-electron chi connectivity index (χ4n) is 2.36. The number of rotatable bonds is 2. The molecule has 0 radical (unpaired) electrons. The molecule has 0 aliphatic rings. The minimum atomic E-state index is 0. The number of hydrogen-bond acceptors (Lipinski definition) is 2. The van der Waals surface area contributed by atoms with Gasteiger partial charge >= 0.3 is 0 Å². The Kier molecular flexibility index (Phi) is 3.62. The summed E-state index contributed by atoms with van der Waals surface area (Å²) in [6.45, 7) is 5.25. The van der Waals surface area contributed by atoms with E-state index in [-0.39, 0.29) is 12.4 Å². The Morgan fingerprint density at radius 1 is 1.32 bits per heavy atom. The molecule has 0 unspecified atom stereocenters. The predicted octanol–water partition coefficient (Wildman–Crippen LogP) is 2.90. The standard InChI is InChI=1S/C14H15N3O.ClH/c1-10(2)7-16-9-15-12-8-17(18)13-6-4-3-5-11(13)14(12)16;/h3-6,8-10H,7H2,1-2H3;1H. The molecule has 0 bridgehead atoms. The van der Waals surface area contributed by atoms with Gasteiger partial charge in [0.2, 0.25) is 11.7 Å². The molecule has 3 rings (SSSR count). The highest BCUT2D eigenvalue weighted by Crippen LogP contribution is 2.22. The van der Waals surface area contributed by atoms with Crippen molar-refractivity contribution < 1.29 is 4.73 Å². The zero-order valence-electron chi connectivity index (χ0n) is 10.9. The van der Waals surface area contributed by atoms with Crippen molar-refractivity contribution in [2.24, 2.45) is 5.92 Å². The topological polar surface area (TPSA) is 44.8 Å². The molecule has 0 atom stereocenters. The molecule has 0 aliphatic carbocycles. The first kappa shape index (κ1) is 13.6. The van der Waals surface area contributed by atoms with Gasteiger partial charge in [0.25, 0.3) is 0 Å². The summed E-state index contributed by atoms with van der Waals surface area (Å²) < 4.78 is 3.02. The first-order chi connectivity index (χ1) is 8.66. The molecule has 0 fully saturated rings. The number of nitrogens with zero attached hydrogens (tertiary/aromatic N) is 3. The maximum atomic E-state index is 11.9. The summed E-state index contributed by atoms with van der Waals surface area (Å²) in [5.41, 5.74) is 2.49. The lowest BCUT2D eigenvalue weighted by Gasteiger charge is -2.09. The molecule has 5 heteroatoms. The van der Waals surface area contributed by atoms with Crippen molar-refractivity contribution in [3.8, 4) is 0 Å². The molecule has 1 aromatic carbocycles. The summed E-state index contributed by atoms with van der Waals surface area (Å²) in [6, 6.07) is 7.65. The Labute approximate surface area is 117 Å². The van der Waals surface area contributed by atoms with Gasteiger partial charge in [0.1, 0.15) is 0 Å². The van der Waals surface area contributed by atoms with Crippen molar-refractivity contribution in [1.29, 1.82) is 0 Å². The number of para-hydroxylation sites is 1. The fourth-order valence-corrected chi connectivity index (χ4v) is 2.36. The molecule has 2 aromatic heterocycles. The minimum absolute atomic E-state index is 0. The predicted molar refractivity (Wildman–Crippen MR) is 78.3 cm³/mol. The van der Waals surface area contributed by atoms with Gasteiger partial charge in [0.05, 0.1) is 17.2 Å². The summed E-state index contributed by atoms with van der Waals surface area (Å²) in [5, 5.41) is 12.9. The van der Waals surface area contributed by atoms with E-state index in [0.29, 0.717) is 11.4 Å². The lowest BCUT2D eigenvalue weighted by molar-refractivity contribution is -0.575. The van der Waals surface area contributed by atoms with Crippen LogP contribution in [-0.2, 0) is 6.54 Å². The average Bonchev–Trinajstić information content (AvgIpc) is 2.72. The van der Waals surface area contributed by atoms with Crippen LogP contribution < -0.4 is 4.73 Å². The third kappa shape index (κ3) is 2.24. The van der Waals surface area contributed by atoms with Crippen LogP contribution in [0.5, 0.6) is 0 Å². The molecule has 19 heavy (non-hydrogen) atoms. The molecule has 0 aliphatic heterocycles. The highest BCUT2D eigenvalue weighted by molar-refractivity contribution is 6.00. The smallest absolute Gasteiger partial charge is 0.226 e. The van der Waals surface area contributed by atoms with Gasteiger partial charge in [-0.2, -0.15) is 4.73 Å². The van der Waals surface area contributed by atoms with E-state index in [4.69, 9.17) is 0 Å². The summed E-state index contributed by atoms with van der Waals surface area (Å²) >= 11 is 0. The van der Waals surface area contributed by atoms with Crippen LogP contribution in [0.15, 0.2) is 36.8 Å². The van der Waals surface area contributed by atoms with E-state index >= 15 is 0 Å². The zero-order chi connectivity index (χ0) is 12.7. The number of pyridine rings is 1. The Balaban J connectivity index is 0.00000133. The third-order valence-electron chi connectivity index (χ3n) is 3.06. The maximum absolute atomic E-state index is 11.9. The van der Waals surface area contributed by atoms with Crippen LogP contribution in [0.25, 0.3) is 21.9 Å². The fraction of sp³-hybridized carbons (Fsp3) is 0.286. The summed E-state index contributed by atoms with van der Waals surface area (Å²) in [5.74, 6) is 0.542. The number of hydrogen-bond donors (Lipinski definition) is 0. The Bertz CT molecular complexity index is 721. The average molecular weight is 278 g/mol. The number of fused-ring (bicyclic) bond motifs is 3. The van der Waals surface area contributed by atoms with Gasteiger partial charge in [-0.3, -0.25) is 0 Å². The second kappa shape index (κ2) is 5.05. The number of halogens is 1. The molecule has 4 nitrogen and oxygen atoms in total. The van der Waals surface area contributed by atoms with Crippen molar-refractivity contribution in [3.05, 3.63) is 42.0 Å². The first-order valence-electron chi connectivity index (χ1n) is 6.12. The van der Waals surface area contributed by atoms with Gasteiger partial charge in [0, 0.05) is 12.6 Å². The monoisotopic (exact) mass is 277 g/mol. The lowest BCUT2D eigenvalue weighted by atomic mass is 10.1. The van der Waals surface area contributed by atoms with Gasteiger partial charge in [0.15, 0.2) is 5.52 Å². The second-order valence-electron chi connectivity index (χ2n) is 5.00. The maximum Gasteiger partial charge on any atom is 0.226 e. The van der Waals surface area contributed by atoms with E-state index in [9.17, 15) is 5.21 Å². The molecule has 0 N–H and O–H groups in total. The van der Waals surface area contributed by atoms with E-state index in [1.165, 1.54) is 0 Å². The zero-order valence-corrected chi connectivity index (χ0v) is 11.7. The van der Waals surface area contributed by atoms with Crippen LogP contribution in [-0.4, -0.2) is 9.55 Å². The quantitative estimate of drug-likeness (QED) is 0.534. The largest absolute Gasteiger partial charge is 0.618 e. The summed E-state index contributed by atoms with van der Waals surface area (Å²) in [6.07, 6.45) is 3.37. The van der Waals surface area contributed by atoms with Crippen molar-refractivity contribution in [2.75, 3.05) is 0 Å². The minimum Gasteiger partial charge on any atom is -0.618 e. The molecule has 2 heterocycles. The molecular weight excluding hydrogens is 262 g/mol.